The quantitative estimate of drug-likeness (QED) is 0.676. The van der Waals surface area contributed by atoms with E-state index in [2.05, 4.69) is 9.97 Å². The molecule has 0 spiro atoms. The molecule has 0 aliphatic rings. The molecule has 0 saturated heterocycles. The first-order chi connectivity index (χ1) is 10.4. The summed E-state index contributed by atoms with van der Waals surface area (Å²) >= 11 is 0. The Kier molecular flexibility index (Phi) is 4.03. The second-order valence-electron chi connectivity index (χ2n) is 4.41. The highest BCUT2D eigenvalue weighted by atomic mass is 16.5. The molecule has 3 heteroatoms. The van der Waals surface area contributed by atoms with E-state index in [0.717, 1.165) is 16.7 Å². The van der Waals surface area contributed by atoms with E-state index in [-0.39, 0.29) is 0 Å². The predicted molar refractivity (Wildman–Crippen MR) is 82.6 cm³/mol. The van der Waals surface area contributed by atoms with Gasteiger partial charge in [-0.1, -0.05) is 60.7 Å². The van der Waals surface area contributed by atoms with E-state index in [0.29, 0.717) is 6.01 Å². The van der Waals surface area contributed by atoms with Crippen LogP contribution >= 0.6 is 0 Å². The van der Waals surface area contributed by atoms with Crippen molar-refractivity contribution in [3.05, 3.63) is 96.5 Å². The van der Waals surface area contributed by atoms with Crippen LogP contribution in [-0.2, 0) is 0 Å². The summed E-state index contributed by atoms with van der Waals surface area (Å²) in [7, 11) is 0. The molecule has 0 aliphatic carbocycles. The van der Waals surface area contributed by atoms with Crippen LogP contribution in [0.4, 0.5) is 0 Å². The number of aromatic nitrogens is 2. The summed E-state index contributed by atoms with van der Waals surface area (Å²) in [6, 6.07) is 22.3. The average molecular weight is 274 g/mol. The Morgan fingerprint density at radius 1 is 0.714 bits per heavy atom. The third kappa shape index (κ3) is 3.34. The summed E-state index contributed by atoms with van der Waals surface area (Å²) in [5.74, 6) is 0. The number of ether oxygens (including phenoxy) is 1. The van der Waals surface area contributed by atoms with Gasteiger partial charge in [0.25, 0.3) is 0 Å². The molecule has 0 N–H and O–H groups in total. The molecule has 3 aromatic rings. The first-order valence-corrected chi connectivity index (χ1v) is 6.68. The molecule has 0 aliphatic heterocycles. The Morgan fingerprint density at radius 2 is 1.24 bits per heavy atom. The van der Waals surface area contributed by atoms with Crippen molar-refractivity contribution in [1.29, 1.82) is 0 Å². The number of hydrogen-bond acceptors (Lipinski definition) is 3. The third-order valence-corrected chi connectivity index (χ3v) is 2.99. The van der Waals surface area contributed by atoms with Crippen molar-refractivity contribution in [2.24, 2.45) is 0 Å². The van der Waals surface area contributed by atoms with Gasteiger partial charge in [0.15, 0.2) is 0 Å². The topological polar surface area (TPSA) is 35.0 Å². The zero-order chi connectivity index (χ0) is 14.3. The van der Waals surface area contributed by atoms with E-state index in [1.54, 1.807) is 24.7 Å². The zero-order valence-corrected chi connectivity index (χ0v) is 11.4. The predicted octanol–water partition coefficient (Wildman–Crippen LogP) is 3.94. The third-order valence-electron chi connectivity index (χ3n) is 2.99. The minimum Gasteiger partial charge on any atom is -0.432 e. The lowest BCUT2D eigenvalue weighted by Crippen LogP contribution is -1.94. The zero-order valence-electron chi connectivity index (χ0n) is 11.4. The Morgan fingerprint density at radius 3 is 1.76 bits per heavy atom. The molecule has 0 atom stereocenters. The standard InChI is InChI=1S/C18H14N2O/c1-3-8-15(9-4-1)17(16-10-5-2-6-11-16)14-21-18-19-12-7-13-20-18/h1-14H. The fourth-order valence-corrected chi connectivity index (χ4v) is 2.00. The van der Waals surface area contributed by atoms with Gasteiger partial charge in [0.2, 0.25) is 0 Å². The van der Waals surface area contributed by atoms with E-state index in [9.17, 15) is 0 Å². The average Bonchev–Trinajstić information content (AvgIpc) is 2.58. The lowest BCUT2D eigenvalue weighted by molar-refractivity contribution is 0.442. The normalized spacial score (nSPS) is 9.90. The van der Waals surface area contributed by atoms with Gasteiger partial charge >= 0.3 is 6.01 Å². The van der Waals surface area contributed by atoms with Gasteiger partial charge in [-0.2, -0.15) is 0 Å². The summed E-state index contributed by atoms with van der Waals surface area (Å²) in [5, 5.41) is 0. The van der Waals surface area contributed by atoms with Gasteiger partial charge in [-0.05, 0) is 17.2 Å². The van der Waals surface area contributed by atoms with Gasteiger partial charge < -0.3 is 4.74 Å². The summed E-state index contributed by atoms with van der Waals surface area (Å²) in [6.45, 7) is 0. The first kappa shape index (κ1) is 13.1. The molecular weight excluding hydrogens is 260 g/mol. The molecule has 1 heterocycles. The number of hydrogen-bond donors (Lipinski definition) is 0. The Hall–Kier alpha value is -2.94. The minimum absolute atomic E-state index is 0.335. The van der Waals surface area contributed by atoms with Crippen LogP contribution in [0.15, 0.2) is 85.4 Å². The molecule has 0 fully saturated rings. The van der Waals surface area contributed by atoms with Crippen LogP contribution in [0.3, 0.4) is 0 Å². The molecule has 21 heavy (non-hydrogen) atoms. The van der Waals surface area contributed by atoms with E-state index in [4.69, 9.17) is 4.74 Å². The molecule has 0 radical (unpaired) electrons. The second-order valence-corrected chi connectivity index (χ2v) is 4.41. The highest BCUT2D eigenvalue weighted by Gasteiger charge is 2.05. The second kappa shape index (κ2) is 6.48. The molecule has 3 nitrogen and oxygen atoms in total. The molecule has 3 rings (SSSR count). The molecule has 0 bridgehead atoms. The fourth-order valence-electron chi connectivity index (χ4n) is 2.00. The number of benzene rings is 2. The maximum absolute atomic E-state index is 5.59. The van der Waals surface area contributed by atoms with E-state index >= 15 is 0 Å². The van der Waals surface area contributed by atoms with Crippen LogP contribution in [-0.4, -0.2) is 9.97 Å². The van der Waals surface area contributed by atoms with E-state index < -0.39 is 0 Å². The van der Waals surface area contributed by atoms with Crippen molar-refractivity contribution in [3.8, 4) is 6.01 Å². The van der Waals surface area contributed by atoms with Crippen molar-refractivity contribution >= 4 is 5.57 Å². The van der Waals surface area contributed by atoms with Crippen LogP contribution in [0, 0.1) is 0 Å². The molecule has 0 amide bonds. The molecule has 0 saturated carbocycles. The maximum atomic E-state index is 5.59. The van der Waals surface area contributed by atoms with Gasteiger partial charge in [0, 0.05) is 18.0 Å². The van der Waals surface area contributed by atoms with Crippen LogP contribution in [0.25, 0.3) is 5.57 Å². The minimum atomic E-state index is 0.335. The van der Waals surface area contributed by atoms with Gasteiger partial charge in [-0.25, -0.2) is 9.97 Å². The summed E-state index contributed by atoms with van der Waals surface area (Å²) in [6.07, 6.45) is 5.00. The van der Waals surface area contributed by atoms with Gasteiger partial charge in [-0.15, -0.1) is 0 Å². The molecule has 0 unspecified atom stereocenters. The SMILES string of the molecule is C(Oc1ncccn1)=C(c1ccccc1)c1ccccc1. The van der Waals surface area contributed by atoms with E-state index in [1.165, 1.54) is 0 Å². The lowest BCUT2D eigenvalue weighted by Gasteiger charge is -2.08. The Labute approximate surface area is 123 Å². The number of nitrogens with zero attached hydrogens (tertiary/aromatic N) is 2. The summed E-state index contributed by atoms with van der Waals surface area (Å²) in [4.78, 5) is 8.12. The monoisotopic (exact) mass is 274 g/mol. The summed E-state index contributed by atoms with van der Waals surface area (Å²) < 4.78 is 5.59. The van der Waals surface area contributed by atoms with Gasteiger partial charge in [0.05, 0.1) is 0 Å². The van der Waals surface area contributed by atoms with Gasteiger partial charge in [-0.3, -0.25) is 0 Å². The highest BCUT2D eigenvalue weighted by Crippen LogP contribution is 2.23. The smallest absolute Gasteiger partial charge is 0.321 e. The van der Waals surface area contributed by atoms with Crippen LogP contribution < -0.4 is 4.74 Å². The highest BCUT2D eigenvalue weighted by molar-refractivity contribution is 5.79. The molecule has 2 aromatic carbocycles. The van der Waals surface area contributed by atoms with E-state index in [1.807, 2.05) is 60.7 Å². The first-order valence-electron chi connectivity index (χ1n) is 6.68. The van der Waals surface area contributed by atoms with Crippen LogP contribution in [0.1, 0.15) is 11.1 Å². The fraction of sp³-hybridized carbons (Fsp3) is 0. The van der Waals surface area contributed by atoms with Crippen molar-refractivity contribution in [1.82, 2.24) is 9.97 Å². The van der Waals surface area contributed by atoms with Gasteiger partial charge in [0.1, 0.15) is 6.26 Å². The lowest BCUT2D eigenvalue weighted by atomic mass is 9.99. The van der Waals surface area contributed by atoms with Crippen LogP contribution in [0.5, 0.6) is 6.01 Å². The number of rotatable bonds is 4. The van der Waals surface area contributed by atoms with Crippen molar-refractivity contribution in [3.63, 3.8) is 0 Å². The Bertz CT molecular complexity index is 668. The van der Waals surface area contributed by atoms with Crippen LogP contribution in [0.2, 0.25) is 0 Å². The summed E-state index contributed by atoms with van der Waals surface area (Å²) in [5.41, 5.74) is 3.16. The Balaban J connectivity index is 1.97. The molecule has 1 aromatic heterocycles. The molecule has 102 valence electrons. The van der Waals surface area contributed by atoms with Crippen molar-refractivity contribution in [2.45, 2.75) is 0 Å². The van der Waals surface area contributed by atoms with Crippen molar-refractivity contribution < 1.29 is 4.74 Å². The largest absolute Gasteiger partial charge is 0.432 e. The van der Waals surface area contributed by atoms with Crippen molar-refractivity contribution in [2.75, 3.05) is 0 Å². The molecular formula is C18H14N2O. The maximum Gasteiger partial charge on any atom is 0.321 e.